The summed E-state index contributed by atoms with van der Waals surface area (Å²) in [7, 11) is 0. The summed E-state index contributed by atoms with van der Waals surface area (Å²) < 4.78 is 0. The Labute approximate surface area is 140 Å². The SMILES string of the molecule is CCC(=O)N1CCCCC1C(=O)NCCC1CCCNC1.Cl. The topological polar surface area (TPSA) is 61.4 Å². The number of rotatable bonds is 5. The average Bonchev–Trinajstić information content (AvgIpc) is 2.55. The first-order chi connectivity index (χ1) is 10.2. The molecule has 0 saturated carbocycles. The van der Waals surface area contributed by atoms with Crippen LogP contribution in [-0.2, 0) is 9.59 Å². The van der Waals surface area contributed by atoms with Gasteiger partial charge in [0.15, 0.2) is 0 Å². The number of nitrogens with one attached hydrogen (secondary N) is 2. The molecule has 5 nitrogen and oxygen atoms in total. The number of carbonyl (C=O) groups excluding carboxylic acids is 2. The highest BCUT2D eigenvalue weighted by Crippen LogP contribution is 2.18. The third kappa shape index (κ3) is 5.43. The lowest BCUT2D eigenvalue weighted by Gasteiger charge is -2.34. The molecule has 0 aromatic heterocycles. The first kappa shape index (κ1) is 19.2. The van der Waals surface area contributed by atoms with Gasteiger partial charge in [0.05, 0.1) is 0 Å². The molecule has 2 fully saturated rings. The Bertz CT molecular complexity index is 359. The zero-order valence-corrected chi connectivity index (χ0v) is 14.4. The van der Waals surface area contributed by atoms with Crippen molar-refractivity contribution in [1.82, 2.24) is 15.5 Å². The Morgan fingerprint density at radius 1 is 1.23 bits per heavy atom. The van der Waals surface area contributed by atoms with Crippen molar-refractivity contribution in [2.24, 2.45) is 5.92 Å². The van der Waals surface area contributed by atoms with Crippen molar-refractivity contribution in [3.05, 3.63) is 0 Å². The third-order valence-electron chi connectivity index (χ3n) is 4.68. The second-order valence-electron chi connectivity index (χ2n) is 6.24. The van der Waals surface area contributed by atoms with Gasteiger partial charge in [-0.3, -0.25) is 9.59 Å². The van der Waals surface area contributed by atoms with Crippen LogP contribution < -0.4 is 10.6 Å². The number of hydrogen-bond acceptors (Lipinski definition) is 3. The Balaban J connectivity index is 0.00000242. The van der Waals surface area contributed by atoms with Gasteiger partial charge in [-0.15, -0.1) is 12.4 Å². The second kappa shape index (κ2) is 10.1. The molecule has 2 N–H and O–H groups in total. The van der Waals surface area contributed by atoms with Crippen LogP contribution in [0.1, 0.15) is 51.9 Å². The minimum Gasteiger partial charge on any atom is -0.354 e. The first-order valence-corrected chi connectivity index (χ1v) is 8.50. The van der Waals surface area contributed by atoms with Crippen LogP contribution in [0, 0.1) is 5.92 Å². The highest BCUT2D eigenvalue weighted by Gasteiger charge is 2.31. The molecule has 0 aromatic rings. The molecular formula is C16H30ClN3O2. The summed E-state index contributed by atoms with van der Waals surface area (Å²) in [5, 5.41) is 6.45. The summed E-state index contributed by atoms with van der Waals surface area (Å²) >= 11 is 0. The van der Waals surface area contributed by atoms with Crippen LogP contribution in [0.15, 0.2) is 0 Å². The number of piperidine rings is 2. The van der Waals surface area contributed by atoms with Crippen LogP contribution in [0.25, 0.3) is 0 Å². The number of carbonyl (C=O) groups is 2. The number of halogens is 1. The monoisotopic (exact) mass is 331 g/mol. The molecule has 2 rings (SSSR count). The maximum Gasteiger partial charge on any atom is 0.242 e. The Kier molecular flexibility index (Phi) is 8.79. The molecule has 0 aromatic carbocycles. The van der Waals surface area contributed by atoms with E-state index in [1.165, 1.54) is 12.8 Å². The van der Waals surface area contributed by atoms with Crippen LogP contribution in [0.4, 0.5) is 0 Å². The van der Waals surface area contributed by atoms with Gasteiger partial charge in [-0.1, -0.05) is 6.92 Å². The van der Waals surface area contributed by atoms with E-state index in [-0.39, 0.29) is 30.3 Å². The minimum atomic E-state index is -0.240. The Hall–Kier alpha value is -0.810. The van der Waals surface area contributed by atoms with E-state index in [1.54, 1.807) is 4.90 Å². The summed E-state index contributed by atoms with van der Waals surface area (Å²) in [4.78, 5) is 26.1. The van der Waals surface area contributed by atoms with Crippen LogP contribution >= 0.6 is 12.4 Å². The molecule has 0 spiro atoms. The van der Waals surface area contributed by atoms with Gasteiger partial charge < -0.3 is 15.5 Å². The van der Waals surface area contributed by atoms with Gasteiger partial charge in [-0.25, -0.2) is 0 Å². The van der Waals surface area contributed by atoms with Gasteiger partial charge >= 0.3 is 0 Å². The fraction of sp³-hybridized carbons (Fsp3) is 0.875. The Morgan fingerprint density at radius 2 is 2.05 bits per heavy atom. The maximum absolute atomic E-state index is 12.3. The second-order valence-corrected chi connectivity index (χ2v) is 6.24. The van der Waals surface area contributed by atoms with Gasteiger partial charge in [0.2, 0.25) is 11.8 Å². The van der Waals surface area contributed by atoms with E-state index < -0.39 is 0 Å². The van der Waals surface area contributed by atoms with E-state index in [9.17, 15) is 9.59 Å². The summed E-state index contributed by atoms with van der Waals surface area (Å²) in [5.41, 5.74) is 0. The molecular weight excluding hydrogens is 302 g/mol. The first-order valence-electron chi connectivity index (χ1n) is 8.50. The van der Waals surface area contributed by atoms with E-state index in [4.69, 9.17) is 0 Å². The van der Waals surface area contributed by atoms with Crippen molar-refractivity contribution in [3.8, 4) is 0 Å². The number of nitrogens with zero attached hydrogens (tertiary/aromatic N) is 1. The van der Waals surface area contributed by atoms with E-state index in [0.717, 1.165) is 51.9 Å². The quantitative estimate of drug-likeness (QED) is 0.806. The van der Waals surface area contributed by atoms with Crippen molar-refractivity contribution in [2.45, 2.75) is 57.9 Å². The molecule has 2 unspecified atom stereocenters. The van der Waals surface area contributed by atoms with E-state index in [2.05, 4.69) is 10.6 Å². The van der Waals surface area contributed by atoms with Crippen molar-refractivity contribution in [2.75, 3.05) is 26.2 Å². The summed E-state index contributed by atoms with van der Waals surface area (Å²) in [5.74, 6) is 0.824. The molecule has 2 amide bonds. The van der Waals surface area contributed by atoms with E-state index in [1.807, 2.05) is 6.92 Å². The normalized spacial score (nSPS) is 25.2. The van der Waals surface area contributed by atoms with Gasteiger partial charge in [0, 0.05) is 19.5 Å². The Morgan fingerprint density at radius 3 is 2.73 bits per heavy atom. The maximum atomic E-state index is 12.3. The van der Waals surface area contributed by atoms with Crippen LogP contribution in [-0.4, -0.2) is 48.9 Å². The van der Waals surface area contributed by atoms with Crippen molar-refractivity contribution in [1.29, 1.82) is 0 Å². The molecule has 2 atom stereocenters. The predicted octanol–water partition coefficient (Wildman–Crippen LogP) is 1.71. The molecule has 2 saturated heterocycles. The standard InChI is InChI=1S/C16H29N3O2.ClH/c1-2-15(20)19-11-4-3-7-14(19)16(21)18-10-8-13-6-5-9-17-12-13;/h13-14,17H,2-12H2,1H3,(H,18,21);1H. The van der Waals surface area contributed by atoms with E-state index in [0.29, 0.717) is 12.3 Å². The molecule has 128 valence electrons. The van der Waals surface area contributed by atoms with E-state index >= 15 is 0 Å². The number of hydrogen-bond donors (Lipinski definition) is 2. The van der Waals surface area contributed by atoms with Gasteiger partial charge in [0.1, 0.15) is 6.04 Å². The number of likely N-dealkylation sites (tertiary alicyclic amines) is 1. The minimum absolute atomic E-state index is 0. The zero-order chi connectivity index (χ0) is 15.1. The van der Waals surface area contributed by atoms with Crippen molar-refractivity contribution < 1.29 is 9.59 Å². The van der Waals surface area contributed by atoms with Crippen LogP contribution in [0.3, 0.4) is 0 Å². The molecule has 22 heavy (non-hydrogen) atoms. The van der Waals surface area contributed by atoms with Crippen LogP contribution in [0.2, 0.25) is 0 Å². The third-order valence-corrected chi connectivity index (χ3v) is 4.68. The highest BCUT2D eigenvalue weighted by molar-refractivity contribution is 5.87. The summed E-state index contributed by atoms with van der Waals surface area (Å²) in [6.07, 6.45) is 6.88. The molecule has 2 heterocycles. The van der Waals surface area contributed by atoms with Gasteiger partial charge in [-0.2, -0.15) is 0 Å². The fourth-order valence-electron chi connectivity index (χ4n) is 3.39. The molecule has 0 radical (unpaired) electrons. The summed E-state index contributed by atoms with van der Waals surface area (Å²) in [6.45, 7) is 5.52. The summed E-state index contributed by atoms with van der Waals surface area (Å²) in [6, 6.07) is -0.240. The van der Waals surface area contributed by atoms with Crippen LogP contribution in [0.5, 0.6) is 0 Å². The lowest BCUT2D eigenvalue weighted by atomic mass is 9.96. The molecule has 2 aliphatic rings. The molecule has 0 aliphatic carbocycles. The largest absolute Gasteiger partial charge is 0.354 e. The predicted molar refractivity (Wildman–Crippen MR) is 90.1 cm³/mol. The fourth-order valence-corrected chi connectivity index (χ4v) is 3.39. The van der Waals surface area contributed by atoms with Gasteiger partial charge in [0.25, 0.3) is 0 Å². The smallest absolute Gasteiger partial charge is 0.242 e. The number of amides is 2. The molecule has 0 bridgehead atoms. The lowest BCUT2D eigenvalue weighted by Crippen LogP contribution is -2.52. The molecule has 2 aliphatic heterocycles. The van der Waals surface area contributed by atoms with Crippen molar-refractivity contribution >= 4 is 24.2 Å². The molecule has 6 heteroatoms. The van der Waals surface area contributed by atoms with Gasteiger partial charge in [-0.05, 0) is 57.5 Å². The zero-order valence-electron chi connectivity index (χ0n) is 13.6. The highest BCUT2D eigenvalue weighted by atomic mass is 35.5. The lowest BCUT2D eigenvalue weighted by molar-refractivity contribution is -0.142. The van der Waals surface area contributed by atoms with Crippen molar-refractivity contribution in [3.63, 3.8) is 0 Å². The average molecular weight is 332 g/mol.